The SMILES string of the molecule is Cc1cccc(N)c1S(=O)(=O)NCC(F)(F)F. The lowest BCUT2D eigenvalue weighted by Crippen LogP contribution is -2.34. The molecule has 0 saturated heterocycles. The summed E-state index contributed by atoms with van der Waals surface area (Å²) in [6.07, 6.45) is -4.61. The molecule has 0 aliphatic rings. The summed E-state index contributed by atoms with van der Waals surface area (Å²) in [6.45, 7) is -0.165. The molecule has 3 N–H and O–H groups in total. The van der Waals surface area contributed by atoms with Gasteiger partial charge in [0.05, 0.1) is 5.69 Å². The van der Waals surface area contributed by atoms with Crippen LogP contribution in [-0.2, 0) is 10.0 Å². The van der Waals surface area contributed by atoms with E-state index in [-0.39, 0.29) is 10.6 Å². The van der Waals surface area contributed by atoms with Gasteiger partial charge in [-0.2, -0.15) is 13.2 Å². The van der Waals surface area contributed by atoms with Crippen molar-refractivity contribution in [2.24, 2.45) is 0 Å². The monoisotopic (exact) mass is 268 g/mol. The molecular weight excluding hydrogens is 257 g/mol. The minimum atomic E-state index is -4.61. The highest BCUT2D eigenvalue weighted by atomic mass is 32.2. The minimum Gasteiger partial charge on any atom is -0.398 e. The molecule has 0 spiro atoms. The Morgan fingerprint density at radius 2 is 1.94 bits per heavy atom. The van der Waals surface area contributed by atoms with Crippen LogP contribution in [0.1, 0.15) is 5.56 Å². The second-order valence-corrected chi connectivity index (χ2v) is 5.14. The number of halogens is 3. The van der Waals surface area contributed by atoms with Crippen LogP contribution in [-0.4, -0.2) is 21.1 Å². The summed E-state index contributed by atoms with van der Waals surface area (Å²) in [5.41, 5.74) is 5.65. The normalized spacial score (nSPS) is 12.7. The molecule has 0 aliphatic heterocycles. The zero-order valence-corrected chi connectivity index (χ0v) is 9.69. The number of alkyl halides is 3. The number of benzene rings is 1. The van der Waals surface area contributed by atoms with Gasteiger partial charge in [0.2, 0.25) is 10.0 Å². The van der Waals surface area contributed by atoms with Crippen molar-refractivity contribution >= 4 is 15.7 Å². The second kappa shape index (κ2) is 4.53. The minimum absolute atomic E-state index is 0.0836. The number of nitrogens with one attached hydrogen (secondary N) is 1. The van der Waals surface area contributed by atoms with Crippen LogP contribution >= 0.6 is 0 Å². The van der Waals surface area contributed by atoms with Gasteiger partial charge in [0.1, 0.15) is 11.4 Å². The van der Waals surface area contributed by atoms with Crippen molar-refractivity contribution < 1.29 is 21.6 Å². The van der Waals surface area contributed by atoms with E-state index in [2.05, 4.69) is 0 Å². The Bertz CT molecular complexity index is 491. The molecule has 0 aliphatic carbocycles. The average molecular weight is 268 g/mol. The largest absolute Gasteiger partial charge is 0.402 e. The topological polar surface area (TPSA) is 72.2 Å². The van der Waals surface area contributed by atoms with Gasteiger partial charge in [-0.3, -0.25) is 0 Å². The second-order valence-electron chi connectivity index (χ2n) is 3.43. The van der Waals surface area contributed by atoms with Crippen molar-refractivity contribution in [2.45, 2.75) is 18.0 Å². The van der Waals surface area contributed by atoms with Crippen LogP contribution in [0.2, 0.25) is 0 Å². The molecule has 1 rings (SSSR count). The zero-order chi connectivity index (χ0) is 13.3. The number of rotatable bonds is 3. The van der Waals surface area contributed by atoms with Gasteiger partial charge in [-0.25, -0.2) is 13.1 Å². The standard InChI is InChI=1S/C9H11F3N2O2S/c1-6-3-2-4-7(13)8(6)17(15,16)14-5-9(10,11)12/h2-4,14H,5,13H2,1H3. The smallest absolute Gasteiger partial charge is 0.398 e. The number of nitrogen functional groups attached to an aromatic ring is 1. The molecule has 8 heteroatoms. The highest BCUT2D eigenvalue weighted by Gasteiger charge is 2.31. The van der Waals surface area contributed by atoms with E-state index < -0.39 is 22.7 Å². The fourth-order valence-electron chi connectivity index (χ4n) is 1.29. The van der Waals surface area contributed by atoms with Crippen LogP contribution in [0.3, 0.4) is 0 Å². The first-order chi connectivity index (χ1) is 7.63. The Labute approximate surface area is 96.7 Å². The molecule has 4 nitrogen and oxygen atoms in total. The van der Waals surface area contributed by atoms with Crippen molar-refractivity contribution in [3.8, 4) is 0 Å². The zero-order valence-electron chi connectivity index (χ0n) is 8.88. The van der Waals surface area contributed by atoms with Crippen molar-refractivity contribution in [3.63, 3.8) is 0 Å². The summed E-state index contributed by atoms with van der Waals surface area (Å²) >= 11 is 0. The Morgan fingerprint density at radius 3 is 2.41 bits per heavy atom. The molecular formula is C9H11F3N2O2S. The van der Waals surface area contributed by atoms with Crippen LogP contribution in [0.25, 0.3) is 0 Å². The molecule has 1 aromatic carbocycles. The lowest BCUT2D eigenvalue weighted by Gasteiger charge is -2.12. The molecule has 1 aromatic rings. The van der Waals surface area contributed by atoms with Crippen LogP contribution in [0.4, 0.5) is 18.9 Å². The van der Waals surface area contributed by atoms with Gasteiger partial charge in [0.25, 0.3) is 0 Å². The van der Waals surface area contributed by atoms with Crippen LogP contribution in [0, 0.1) is 6.92 Å². The summed E-state index contributed by atoms with van der Waals surface area (Å²) in [7, 11) is -4.25. The molecule has 0 atom stereocenters. The van der Waals surface area contributed by atoms with Crippen LogP contribution in [0.15, 0.2) is 23.1 Å². The summed E-state index contributed by atoms with van der Waals surface area (Å²) in [5, 5.41) is 0. The Kier molecular flexibility index (Phi) is 3.68. The van der Waals surface area contributed by atoms with Crippen molar-refractivity contribution in [1.82, 2.24) is 4.72 Å². The predicted octanol–water partition coefficient (Wildman–Crippen LogP) is 1.42. The van der Waals surface area contributed by atoms with Gasteiger partial charge in [0, 0.05) is 0 Å². The maximum absolute atomic E-state index is 11.9. The fraction of sp³-hybridized carbons (Fsp3) is 0.333. The van der Waals surface area contributed by atoms with E-state index in [4.69, 9.17) is 5.73 Å². The Hall–Kier alpha value is -1.28. The molecule has 0 amide bonds. The highest BCUT2D eigenvalue weighted by molar-refractivity contribution is 7.89. The molecule has 0 unspecified atom stereocenters. The number of aryl methyl sites for hydroxylation is 1. The molecule has 17 heavy (non-hydrogen) atoms. The third-order valence-electron chi connectivity index (χ3n) is 1.97. The van der Waals surface area contributed by atoms with E-state index in [1.807, 2.05) is 0 Å². The molecule has 0 bridgehead atoms. The lowest BCUT2D eigenvalue weighted by atomic mass is 10.2. The molecule has 0 radical (unpaired) electrons. The number of hydrogen-bond donors (Lipinski definition) is 2. The third-order valence-corrected chi connectivity index (χ3v) is 3.59. The lowest BCUT2D eigenvalue weighted by molar-refractivity contribution is -0.121. The molecule has 0 heterocycles. The van der Waals surface area contributed by atoms with Crippen molar-refractivity contribution in [3.05, 3.63) is 23.8 Å². The van der Waals surface area contributed by atoms with Gasteiger partial charge < -0.3 is 5.73 Å². The Balaban J connectivity index is 3.06. The molecule has 0 aromatic heterocycles. The van der Waals surface area contributed by atoms with Crippen LogP contribution in [0.5, 0.6) is 0 Å². The average Bonchev–Trinajstić information content (AvgIpc) is 2.13. The maximum Gasteiger partial charge on any atom is 0.402 e. The molecule has 96 valence electrons. The van der Waals surface area contributed by atoms with Gasteiger partial charge in [0.15, 0.2) is 0 Å². The summed E-state index contributed by atoms with van der Waals surface area (Å²) in [4.78, 5) is -0.316. The third kappa shape index (κ3) is 3.60. The van der Waals surface area contributed by atoms with Crippen molar-refractivity contribution in [2.75, 3.05) is 12.3 Å². The molecule has 0 saturated carbocycles. The summed E-state index contributed by atoms with van der Waals surface area (Å²) in [5.74, 6) is 0. The van der Waals surface area contributed by atoms with Gasteiger partial charge in [-0.05, 0) is 18.6 Å². The Morgan fingerprint density at radius 1 is 1.35 bits per heavy atom. The molecule has 0 fully saturated rings. The maximum atomic E-state index is 11.9. The van der Waals surface area contributed by atoms with Crippen molar-refractivity contribution in [1.29, 1.82) is 0 Å². The number of anilines is 1. The predicted molar refractivity (Wildman–Crippen MR) is 56.8 cm³/mol. The van der Waals surface area contributed by atoms with E-state index in [9.17, 15) is 21.6 Å². The van der Waals surface area contributed by atoms with E-state index in [0.29, 0.717) is 5.56 Å². The van der Waals surface area contributed by atoms with E-state index in [0.717, 1.165) is 0 Å². The van der Waals surface area contributed by atoms with Gasteiger partial charge in [-0.1, -0.05) is 12.1 Å². The fourth-order valence-corrected chi connectivity index (χ4v) is 2.66. The van der Waals surface area contributed by atoms with E-state index in [1.165, 1.54) is 29.8 Å². The summed E-state index contributed by atoms with van der Waals surface area (Å²) < 4.78 is 60.6. The van der Waals surface area contributed by atoms with E-state index in [1.54, 1.807) is 0 Å². The van der Waals surface area contributed by atoms with Gasteiger partial charge in [-0.15, -0.1) is 0 Å². The number of hydrogen-bond acceptors (Lipinski definition) is 3. The first-order valence-corrected chi connectivity index (χ1v) is 6.03. The van der Waals surface area contributed by atoms with Crippen LogP contribution < -0.4 is 10.5 Å². The van der Waals surface area contributed by atoms with E-state index >= 15 is 0 Å². The van der Waals surface area contributed by atoms with Gasteiger partial charge >= 0.3 is 6.18 Å². The summed E-state index contributed by atoms with van der Waals surface area (Å²) in [6, 6.07) is 4.29. The number of nitrogens with two attached hydrogens (primary N) is 1. The highest BCUT2D eigenvalue weighted by Crippen LogP contribution is 2.23. The quantitative estimate of drug-likeness (QED) is 0.814. The first kappa shape index (κ1) is 13.8. The number of sulfonamides is 1. The first-order valence-electron chi connectivity index (χ1n) is 4.55.